The van der Waals surface area contributed by atoms with Crippen LogP contribution in [0.25, 0.3) is 0 Å². The largest absolute Gasteiger partial charge is 0.451 e. The molecule has 1 aromatic heterocycles. The van der Waals surface area contributed by atoms with Gasteiger partial charge >= 0.3 is 12.2 Å². The van der Waals surface area contributed by atoms with E-state index in [1.165, 1.54) is 6.07 Å². The van der Waals surface area contributed by atoms with Crippen LogP contribution in [-0.2, 0) is 6.18 Å². The quantitative estimate of drug-likeness (QED) is 0.570. The van der Waals surface area contributed by atoms with Gasteiger partial charge in [-0.05, 0) is 6.42 Å². The van der Waals surface area contributed by atoms with Gasteiger partial charge in [-0.3, -0.25) is 0 Å². The number of urea groups is 1. The summed E-state index contributed by atoms with van der Waals surface area (Å²) in [6, 6.07) is 0.663. The SMILES string of the molecule is CCCNc1cc(NCCNC(N)=O)nc(C(F)(F)F)n1. The summed E-state index contributed by atoms with van der Waals surface area (Å²) in [5.74, 6) is -1.12. The zero-order valence-corrected chi connectivity index (χ0v) is 11.4. The second-order valence-corrected chi connectivity index (χ2v) is 4.10. The van der Waals surface area contributed by atoms with Gasteiger partial charge in [-0.15, -0.1) is 0 Å². The highest BCUT2D eigenvalue weighted by atomic mass is 19.4. The average molecular weight is 306 g/mol. The molecule has 21 heavy (non-hydrogen) atoms. The van der Waals surface area contributed by atoms with Crippen molar-refractivity contribution in [3.63, 3.8) is 0 Å². The van der Waals surface area contributed by atoms with Crippen LogP contribution in [0.4, 0.5) is 29.6 Å². The molecule has 118 valence electrons. The van der Waals surface area contributed by atoms with E-state index in [1.807, 2.05) is 6.92 Å². The van der Waals surface area contributed by atoms with E-state index < -0.39 is 18.0 Å². The fourth-order valence-corrected chi connectivity index (χ4v) is 1.38. The third kappa shape index (κ3) is 6.15. The van der Waals surface area contributed by atoms with Crippen LogP contribution in [0.5, 0.6) is 0 Å². The first-order valence-electron chi connectivity index (χ1n) is 6.30. The Labute approximate surface area is 119 Å². The first-order valence-corrected chi connectivity index (χ1v) is 6.30. The van der Waals surface area contributed by atoms with Crippen LogP contribution in [0.3, 0.4) is 0 Å². The van der Waals surface area contributed by atoms with Crippen molar-refractivity contribution in [2.24, 2.45) is 5.73 Å². The van der Waals surface area contributed by atoms with E-state index in [-0.39, 0.29) is 24.7 Å². The molecule has 1 aromatic rings. The number of halogens is 3. The number of aromatic nitrogens is 2. The Bertz CT molecular complexity index is 480. The molecule has 0 fully saturated rings. The zero-order valence-electron chi connectivity index (χ0n) is 11.4. The number of nitrogens with two attached hydrogens (primary N) is 1. The van der Waals surface area contributed by atoms with Crippen LogP contribution >= 0.6 is 0 Å². The van der Waals surface area contributed by atoms with E-state index >= 15 is 0 Å². The Morgan fingerprint density at radius 2 is 1.76 bits per heavy atom. The number of hydrogen-bond acceptors (Lipinski definition) is 5. The number of rotatable bonds is 7. The van der Waals surface area contributed by atoms with Crippen LogP contribution in [0, 0.1) is 0 Å². The monoisotopic (exact) mass is 306 g/mol. The van der Waals surface area contributed by atoms with Crippen LogP contribution in [0.15, 0.2) is 6.07 Å². The van der Waals surface area contributed by atoms with Crippen molar-refractivity contribution in [1.29, 1.82) is 0 Å². The topological polar surface area (TPSA) is 105 Å². The molecule has 0 bridgehead atoms. The summed E-state index contributed by atoms with van der Waals surface area (Å²) in [7, 11) is 0. The molecule has 5 N–H and O–H groups in total. The molecule has 0 aliphatic heterocycles. The first-order chi connectivity index (χ1) is 9.82. The number of nitrogens with one attached hydrogen (secondary N) is 3. The fourth-order valence-electron chi connectivity index (χ4n) is 1.38. The number of primary amides is 1. The van der Waals surface area contributed by atoms with Crippen molar-refractivity contribution < 1.29 is 18.0 Å². The molecule has 0 aliphatic carbocycles. The van der Waals surface area contributed by atoms with E-state index in [4.69, 9.17) is 5.73 Å². The second-order valence-electron chi connectivity index (χ2n) is 4.10. The van der Waals surface area contributed by atoms with Gasteiger partial charge in [0.1, 0.15) is 11.6 Å². The van der Waals surface area contributed by atoms with Gasteiger partial charge in [-0.1, -0.05) is 6.92 Å². The highest BCUT2D eigenvalue weighted by Crippen LogP contribution is 2.28. The van der Waals surface area contributed by atoms with Gasteiger partial charge in [0.25, 0.3) is 0 Å². The lowest BCUT2D eigenvalue weighted by molar-refractivity contribution is -0.144. The van der Waals surface area contributed by atoms with Crippen molar-refractivity contribution >= 4 is 17.7 Å². The zero-order chi connectivity index (χ0) is 15.9. The summed E-state index contributed by atoms with van der Waals surface area (Å²) in [6.45, 7) is 2.73. The molecule has 0 saturated heterocycles. The molecule has 2 amide bonds. The Morgan fingerprint density at radius 1 is 1.19 bits per heavy atom. The summed E-state index contributed by atoms with van der Waals surface area (Å²) >= 11 is 0. The molecule has 0 radical (unpaired) electrons. The molecule has 0 aliphatic rings. The van der Waals surface area contributed by atoms with Crippen molar-refractivity contribution in [1.82, 2.24) is 15.3 Å². The number of amides is 2. The van der Waals surface area contributed by atoms with Crippen LogP contribution in [-0.4, -0.2) is 35.6 Å². The Hall–Kier alpha value is -2.26. The van der Waals surface area contributed by atoms with Gasteiger partial charge in [0, 0.05) is 25.7 Å². The predicted molar refractivity (Wildman–Crippen MR) is 71.9 cm³/mol. The lowest BCUT2D eigenvalue weighted by atomic mass is 10.4. The fraction of sp³-hybridized carbons (Fsp3) is 0.545. The van der Waals surface area contributed by atoms with Crippen molar-refractivity contribution in [2.75, 3.05) is 30.3 Å². The molecule has 0 spiro atoms. The minimum absolute atomic E-state index is 0.0159. The lowest BCUT2D eigenvalue weighted by Gasteiger charge is -2.12. The molecule has 7 nitrogen and oxygen atoms in total. The molecule has 0 atom stereocenters. The third-order valence-electron chi connectivity index (χ3n) is 2.27. The molecule has 0 aromatic carbocycles. The van der Waals surface area contributed by atoms with Crippen LogP contribution < -0.4 is 21.7 Å². The van der Waals surface area contributed by atoms with Gasteiger partial charge in [-0.25, -0.2) is 14.8 Å². The lowest BCUT2D eigenvalue weighted by Crippen LogP contribution is -2.33. The summed E-state index contributed by atoms with van der Waals surface area (Å²) < 4.78 is 38.1. The molecule has 0 unspecified atom stereocenters. The van der Waals surface area contributed by atoms with Gasteiger partial charge in [-0.2, -0.15) is 13.2 Å². The second kappa shape index (κ2) is 7.50. The minimum atomic E-state index is -4.63. The number of alkyl halides is 3. The standard InChI is InChI=1S/C11H17F3N6O/c1-2-3-16-7-6-8(17-4-5-18-10(15)21)20-9(19-7)11(12,13)14/h6H,2-5H2,1H3,(H3,15,18,21)(H2,16,17,19,20). The molecular weight excluding hydrogens is 289 g/mol. The highest BCUT2D eigenvalue weighted by Gasteiger charge is 2.35. The van der Waals surface area contributed by atoms with Crippen molar-refractivity contribution in [3.8, 4) is 0 Å². The normalized spacial score (nSPS) is 11.0. The molecule has 10 heteroatoms. The number of nitrogens with zero attached hydrogens (tertiary/aromatic N) is 2. The average Bonchev–Trinajstić information content (AvgIpc) is 2.40. The van der Waals surface area contributed by atoms with E-state index in [0.717, 1.165) is 6.42 Å². The number of anilines is 2. The van der Waals surface area contributed by atoms with E-state index in [1.54, 1.807) is 0 Å². The maximum Gasteiger partial charge on any atom is 0.451 e. The number of hydrogen-bond donors (Lipinski definition) is 4. The van der Waals surface area contributed by atoms with E-state index in [2.05, 4.69) is 25.9 Å². The summed E-state index contributed by atoms with van der Waals surface area (Å²) in [5.41, 5.74) is 4.87. The van der Waals surface area contributed by atoms with Gasteiger partial charge in [0.15, 0.2) is 0 Å². The molecule has 0 saturated carbocycles. The van der Waals surface area contributed by atoms with E-state index in [0.29, 0.717) is 6.54 Å². The number of carbonyl (C=O) groups is 1. The van der Waals surface area contributed by atoms with Gasteiger partial charge in [0.05, 0.1) is 0 Å². The number of carbonyl (C=O) groups excluding carboxylic acids is 1. The maximum absolute atomic E-state index is 12.7. The smallest absolute Gasteiger partial charge is 0.370 e. The molecule has 1 rings (SSSR count). The summed E-state index contributed by atoms with van der Waals surface area (Å²) in [6.07, 6.45) is -3.89. The van der Waals surface area contributed by atoms with E-state index in [9.17, 15) is 18.0 Å². The first kappa shape index (κ1) is 16.8. The predicted octanol–water partition coefficient (Wildman–Crippen LogP) is 1.40. The van der Waals surface area contributed by atoms with Gasteiger partial charge < -0.3 is 21.7 Å². The Kier molecular flexibility index (Phi) is 6.00. The van der Waals surface area contributed by atoms with Gasteiger partial charge in [0.2, 0.25) is 5.82 Å². The Balaban J connectivity index is 2.78. The maximum atomic E-state index is 12.7. The van der Waals surface area contributed by atoms with Crippen LogP contribution in [0.2, 0.25) is 0 Å². The molecular formula is C11H17F3N6O. The third-order valence-corrected chi connectivity index (χ3v) is 2.27. The summed E-state index contributed by atoms with van der Waals surface area (Å²) in [4.78, 5) is 17.3. The summed E-state index contributed by atoms with van der Waals surface area (Å²) in [5, 5.41) is 7.75. The van der Waals surface area contributed by atoms with Crippen LogP contribution in [0.1, 0.15) is 19.2 Å². The molecule has 1 heterocycles. The van der Waals surface area contributed by atoms with Crippen molar-refractivity contribution in [2.45, 2.75) is 19.5 Å². The highest BCUT2D eigenvalue weighted by molar-refractivity contribution is 5.71. The van der Waals surface area contributed by atoms with Crippen molar-refractivity contribution in [3.05, 3.63) is 11.9 Å². The Morgan fingerprint density at radius 3 is 2.24 bits per heavy atom. The minimum Gasteiger partial charge on any atom is -0.370 e.